The summed E-state index contributed by atoms with van der Waals surface area (Å²) in [6.07, 6.45) is 3.98. The van der Waals surface area contributed by atoms with Gasteiger partial charge in [-0.15, -0.1) is 0 Å². The van der Waals surface area contributed by atoms with E-state index >= 15 is 0 Å². The van der Waals surface area contributed by atoms with E-state index in [1.165, 1.54) is 0 Å². The summed E-state index contributed by atoms with van der Waals surface area (Å²) in [5.74, 6) is 0.123. The summed E-state index contributed by atoms with van der Waals surface area (Å²) in [6.45, 7) is 1.74. The number of halogens is 1. The van der Waals surface area contributed by atoms with E-state index in [0.29, 0.717) is 0 Å². The first-order valence-electron chi connectivity index (χ1n) is 6.09. The highest BCUT2D eigenvalue weighted by Crippen LogP contribution is 2.23. The van der Waals surface area contributed by atoms with Gasteiger partial charge in [-0.2, -0.15) is 0 Å². The van der Waals surface area contributed by atoms with Crippen LogP contribution >= 0.6 is 15.9 Å². The quantitative estimate of drug-likeness (QED) is 0.810. The van der Waals surface area contributed by atoms with Crippen LogP contribution in [-0.4, -0.2) is 28.9 Å². The molecule has 1 aliphatic heterocycles. The van der Waals surface area contributed by atoms with Crippen LogP contribution in [0, 0.1) is 0 Å². The maximum Gasteiger partial charge on any atom is 0.254 e. The second-order valence-electron chi connectivity index (χ2n) is 4.53. The van der Waals surface area contributed by atoms with E-state index in [1.807, 2.05) is 29.2 Å². The predicted molar refractivity (Wildman–Crippen MR) is 74.6 cm³/mol. The van der Waals surface area contributed by atoms with Crippen LogP contribution in [0.5, 0.6) is 0 Å². The van der Waals surface area contributed by atoms with E-state index in [1.54, 1.807) is 6.20 Å². The zero-order valence-corrected chi connectivity index (χ0v) is 11.5. The van der Waals surface area contributed by atoms with Crippen molar-refractivity contribution in [3.63, 3.8) is 0 Å². The molecular weight excluding hydrogens is 292 g/mol. The maximum absolute atomic E-state index is 12.5. The molecule has 3 nitrogen and oxygen atoms in total. The van der Waals surface area contributed by atoms with Gasteiger partial charge in [-0.1, -0.05) is 6.07 Å². The highest BCUT2D eigenvalue weighted by atomic mass is 79.9. The molecule has 0 unspecified atom stereocenters. The number of hydrogen-bond donors (Lipinski definition) is 0. The molecule has 0 aliphatic carbocycles. The highest BCUT2D eigenvalue weighted by molar-refractivity contribution is 9.10. The number of carbonyl (C=O) groups excluding carboxylic acids is 1. The first kappa shape index (κ1) is 11.7. The lowest BCUT2D eigenvalue weighted by Gasteiger charge is -2.16. The fraction of sp³-hybridized carbons (Fsp3) is 0.286. The summed E-state index contributed by atoms with van der Waals surface area (Å²) >= 11 is 3.41. The molecular formula is C14H13BrN2O. The van der Waals surface area contributed by atoms with Gasteiger partial charge >= 0.3 is 0 Å². The van der Waals surface area contributed by atoms with Crippen molar-refractivity contribution < 1.29 is 4.79 Å². The minimum absolute atomic E-state index is 0.123. The molecule has 0 bridgehead atoms. The van der Waals surface area contributed by atoms with Crippen molar-refractivity contribution in [3.8, 4) is 0 Å². The van der Waals surface area contributed by atoms with Crippen LogP contribution in [0.3, 0.4) is 0 Å². The molecule has 0 radical (unpaired) electrons. The molecule has 1 saturated heterocycles. The molecule has 4 heteroatoms. The van der Waals surface area contributed by atoms with E-state index in [2.05, 4.69) is 20.9 Å². The van der Waals surface area contributed by atoms with Crippen molar-refractivity contribution >= 4 is 32.7 Å². The number of carbonyl (C=O) groups is 1. The van der Waals surface area contributed by atoms with Crippen LogP contribution in [0.15, 0.2) is 34.9 Å². The predicted octanol–water partition coefficient (Wildman–Crippen LogP) is 3.23. The lowest BCUT2D eigenvalue weighted by Crippen LogP contribution is -2.27. The summed E-state index contributed by atoms with van der Waals surface area (Å²) in [5, 5.41) is 0.920. The van der Waals surface area contributed by atoms with E-state index in [9.17, 15) is 4.79 Å². The standard InChI is InChI=1S/C14H13BrN2O/c15-10-8-12-11(4-3-5-13(12)16-9-10)14(18)17-6-1-2-7-17/h3-5,8-9H,1-2,6-7H2. The van der Waals surface area contributed by atoms with Crippen molar-refractivity contribution in [2.75, 3.05) is 13.1 Å². The molecule has 1 aromatic heterocycles. The molecule has 18 heavy (non-hydrogen) atoms. The molecule has 0 atom stereocenters. The third kappa shape index (κ3) is 2.01. The Bertz CT molecular complexity index is 606. The number of pyridine rings is 1. The number of nitrogens with zero attached hydrogens (tertiary/aromatic N) is 2. The number of likely N-dealkylation sites (tertiary alicyclic amines) is 1. The molecule has 0 spiro atoms. The largest absolute Gasteiger partial charge is 0.339 e. The molecule has 0 saturated carbocycles. The first-order valence-corrected chi connectivity index (χ1v) is 6.88. The van der Waals surface area contributed by atoms with E-state index in [-0.39, 0.29) is 5.91 Å². The Morgan fingerprint density at radius 2 is 2.06 bits per heavy atom. The van der Waals surface area contributed by atoms with Crippen LogP contribution in [0.1, 0.15) is 23.2 Å². The van der Waals surface area contributed by atoms with Gasteiger partial charge in [-0.25, -0.2) is 0 Å². The van der Waals surface area contributed by atoms with E-state index in [4.69, 9.17) is 0 Å². The van der Waals surface area contributed by atoms with Crippen molar-refractivity contribution in [1.82, 2.24) is 9.88 Å². The molecule has 1 aromatic carbocycles. The molecule has 2 heterocycles. The minimum Gasteiger partial charge on any atom is -0.339 e. The molecule has 1 fully saturated rings. The first-order chi connectivity index (χ1) is 8.75. The average molecular weight is 305 g/mol. The fourth-order valence-electron chi connectivity index (χ4n) is 2.40. The van der Waals surface area contributed by atoms with Crippen LogP contribution in [-0.2, 0) is 0 Å². The van der Waals surface area contributed by atoms with Gasteiger partial charge in [0.05, 0.1) is 5.52 Å². The molecule has 1 aliphatic rings. The zero-order chi connectivity index (χ0) is 12.5. The summed E-state index contributed by atoms with van der Waals surface area (Å²) in [7, 11) is 0. The van der Waals surface area contributed by atoms with Crippen LogP contribution in [0.2, 0.25) is 0 Å². The lowest BCUT2D eigenvalue weighted by atomic mass is 10.1. The lowest BCUT2D eigenvalue weighted by molar-refractivity contribution is 0.0795. The van der Waals surface area contributed by atoms with Gasteiger partial charge in [0.2, 0.25) is 0 Å². The van der Waals surface area contributed by atoms with Crippen LogP contribution in [0.25, 0.3) is 10.9 Å². The molecule has 1 amide bonds. The second-order valence-corrected chi connectivity index (χ2v) is 5.44. The van der Waals surface area contributed by atoms with E-state index in [0.717, 1.165) is 46.9 Å². The second kappa shape index (κ2) is 4.69. The summed E-state index contributed by atoms with van der Waals surface area (Å²) < 4.78 is 0.900. The summed E-state index contributed by atoms with van der Waals surface area (Å²) in [6, 6.07) is 7.68. The van der Waals surface area contributed by atoms with Crippen LogP contribution in [0.4, 0.5) is 0 Å². The van der Waals surface area contributed by atoms with Crippen molar-refractivity contribution in [2.45, 2.75) is 12.8 Å². The van der Waals surface area contributed by atoms with Gasteiger partial charge in [-0.05, 0) is 47.0 Å². The topological polar surface area (TPSA) is 33.2 Å². The maximum atomic E-state index is 12.5. The number of fused-ring (bicyclic) bond motifs is 1. The van der Waals surface area contributed by atoms with Gasteiger partial charge in [0.25, 0.3) is 5.91 Å². The smallest absolute Gasteiger partial charge is 0.254 e. The number of hydrogen-bond acceptors (Lipinski definition) is 2. The number of amides is 1. The van der Waals surface area contributed by atoms with E-state index < -0.39 is 0 Å². The van der Waals surface area contributed by atoms with Gasteiger partial charge in [0, 0.05) is 34.7 Å². The minimum atomic E-state index is 0.123. The van der Waals surface area contributed by atoms with Gasteiger partial charge in [0.15, 0.2) is 0 Å². The molecule has 3 rings (SSSR count). The average Bonchev–Trinajstić information content (AvgIpc) is 2.91. The Labute approximate surface area is 114 Å². The Balaban J connectivity index is 2.10. The Morgan fingerprint density at radius 3 is 2.83 bits per heavy atom. The summed E-state index contributed by atoms with van der Waals surface area (Å²) in [5.41, 5.74) is 1.62. The molecule has 92 valence electrons. The van der Waals surface area contributed by atoms with Gasteiger partial charge in [0.1, 0.15) is 0 Å². The highest BCUT2D eigenvalue weighted by Gasteiger charge is 2.21. The van der Waals surface area contributed by atoms with Crippen molar-refractivity contribution in [2.24, 2.45) is 0 Å². The normalized spacial score (nSPS) is 15.3. The number of rotatable bonds is 1. The Kier molecular flexibility index (Phi) is 3.04. The Morgan fingerprint density at radius 1 is 1.28 bits per heavy atom. The SMILES string of the molecule is O=C(c1cccc2ncc(Br)cc12)N1CCCC1. The van der Waals surface area contributed by atoms with Crippen molar-refractivity contribution in [3.05, 3.63) is 40.5 Å². The fourth-order valence-corrected chi connectivity index (χ4v) is 2.73. The van der Waals surface area contributed by atoms with Crippen LogP contribution < -0.4 is 0 Å². The molecule has 2 aromatic rings. The zero-order valence-electron chi connectivity index (χ0n) is 9.90. The van der Waals surface area contributed by atoms with Crippen molar-refractivity contribution in [1.29, 1.82) is 0 Å². The number of aromatic nitrogens is 1. The van der Waals surface area contributed by atoms with Gasteiger partial charge < -0.3 is 4.90 Å². The third-order valence-corrected chi connectivity index (χ3v) is 3.75. The third-order valence-electron chi connectivity index (χ3n) is 3.32. The number of benzene rings is 1. The summed E-state index contributed by atoms with van der Waals surface area (Å²) in [4.78, 5) is 18.7. The van der Waals surface area contributed by atoms with Gasteiger partial charge in [-0.3, -0.25) is 9.78 Å². The Hall–Kier alpha value is -1.42. The monoisotopic (exact) mass is 304 g/mol. The molecule has 0 N–H and O–H groups in total.